The van der Waals surface area contributed by atoms with E-state index < -0.39 is 0 Å². The van der Waals surface area contributed by atoms with Crippen LogP contribution in [0.2, 0.25) is 0 Å². The van der Waals surface area contributed by atoms with E-state index in [4.69, 9.17) is 4.74 Å². The Morgan fingerprint density at radius 1 is 0.923 bits per heavy atom. The van der Waals surface area contributed by atoms with Gasteiger partial charge in [-0.3, -0.25) is 4.79 Å². The molecule has 0 aliphatic heterocycles. The van der Waals surface area contributed by atoms with Crippen molar-refractivity contribution < 1.29 is 9.53 Å². The molecule has 0 radical (unpaired) electrons. The normalized spacial score (nSPS) is 42.8. The molecule has 0 heterocycles. The van der Waals surface area contributed by atoms with Crippen LogP contribution in [0, 0.1) is 47.3 Å². The van der Waals surface area contributed by atoms with E-state index in [9.17, 15) is 4.79 Å². The van der Waals surface area contributed by atoms with E-state index in [1.54, 1.807) is 0 Å². The average Bonchev–Trinajstić information content (AvgIpc) is 3.32. The zero-order chi connectivity index (χ0) is 18.5. The third-order valence-corrected chi connectivity index (χ3v) is 9.13. The van der Waals surface area contributed by atoms with Crippen LogP contribution in [0.1, 0.15) is 91.9 Å². The minimum Gasteiger partial charge on any atom is -0.459 e. The molecule has 4 fully saturated rings. The zero-order valence-electron chi connectivity index (χ0n) is 17.5. The van der Waals surface area contributed by atoms with Gasteiger partial charge in [-0.05, 0) is 87.4 Å². The maximum absolute atomic E-state index is 13.2. The standard InChI is InChI=1S/C24H40O2/c1-5-15-12-16(6-2)22-19-13-17(21(15)22)14-20(19)23(25)26-24(3,4)18-10-8-7-9-11-18/h15-22H,5-14H2,1-4H3. The number of carbonyl (C=O) groups excluding carboxylic acids is 1. The van der Waals surface area contributed by atoms with Crippen LogP contribution in [0.15, 0.2) is 0 Å². The Kier molecular flexibility index (Phi) is 5.16. The van der Waals surface area contributed by atoms with Crippen LogP contribution in [0.5, 0.6) is 0 Å². The molecule has 4 aliphatic carbocycles. The Hall–Kier alpha value is -0.530. The summed E-state index contributed by atoms with van der Waals surface area (Å²) in [6.45, 7) is 9.10. The first-order valence-corrected chi connectivity index (χ1v) is 11.7. The fraction of sp³-hybridized carbons (Fsp3) is 0.958. The highest BCUT2D eigenvalue weighted by Crippen LogP contribution is 2.65. The van der Waals surface area contributed by atoms with Crippen molar-refractivity contribution in [3.8, 4) is 0 Å². The second-order valence-corrected chi connectivity index (χ2v) is 10.6. The Labute approximate surface area is 160 Å². The van der Waals surface area contributed by atoms with Crippen LogP contribution in [0.3, 0.4) is 0 Å². The van der Waals surface area contributed by atoms with E-state index in [0.717, 1.165) is 36.0 Å². The summed E-state index contributed by atoms with van der Waals surface area (Å²) in [7, 11) is 0. The van der Waals surface area contributed by atoms with Crippen molar-refractivity contribution in [3.63, 3.8) is 0 Å². The minimum atomic E-state index is -0.273. The molecule has 4 saturated carbocycles. The Bertz CT molecular complexity index is 518. The second-order valence-electron chi connectivity index (χ2n) is 10.6. The van der Waals surface area contributed by atoms with E-state index in [1.165, 1.54) is 57.8 Å². The lowest BCUT2D eigenvalue weighted by Crippen LogP contribution is -2.42. The summed E-state index contributed by atoms with van der Waals surface area (Å²) in [5.41, 5.74) is -0.273. The lowest BCUT2D eigenvalue weighted by atomic mass is 9.70. The molecule has 148 valence electrons. The average molecular weight is 361 g/mol. The van der Waals surface area contributed by atoms with Crippen LogP contribution in [0.25, 0.3) is 0 Å². The van der Waals surface area contributed by atoms with Crippen molar-refractivity contribution in [2.24, 2.45) is 47.3 Å². The number of esters is 1. The molecular weight excluding hydrogens is 320 g/mol. The predicted molar refractivity (Wildman–Crippen MR) is 106 cm³/mol. The van der Waals surface area contributed by atoms with Crippen molar-refractivity contribution in [1.29, 1.82) is 0 Å². The van der Waals surface area contributed by atoms with Crippen LogP contribution in [-0.2, 0) is 9.53 Å². The topological polar surface area (TPSA) is 26.3 Å². The van der Waals surface area contributed by atoms with Crippen LogP contribution >= 0.6 is 0 Å². The lowest BCUT2D eigenvalue weighted by molar-refractivity contribution is -0.171. The molecule has 2 heteroatoms. The maximum Gasteiger partial charge on any atom is 0.309 e. The summed E-state index contributed by atoms with van der Waals surface area (Å²) < 4.78 is 6.25. The van der Waals surface area contributed by atoms with Gasteiger partial charge < -0.3 is 4.74 Å². The Morgan fingerprint density at radius 2 is 1.58 bits per heavy atom. The Balaban J connectivity index is 1.44. The number of fused-ring (bicyclic) bond motifs is 5. The Morgan fingerprint density at radius 3 is 2.23 bits per heavy atom. The van der Waals surface area contributed by atoms with Crippen molar-refractivity contribution in [2.45, 2.75) is 97.5 Å². The van der Waals surface area contributed by atoms with E-state index in [-0.39, 0.29) is 17.5 Å². The maximum atomic E-state index is 13.2. The first-order chi connectivity index (χ1) is 12.5. The van der Waals surface area contributed by atoms with Gasteiger partial charge in [0.25, 0.3) is 0 Å². The van der Waals surface area contributed by atoms with Gasteiger partial charge in [-0.15, -0.1) is 0 Å². The van der Waals surface area contributed by atoms with Crippen molar-refractivity contribution >= 4 is 5.97 Å². The molecule has 0 aromatic heterocycles. The molecule has 2 bridgehead atoms. The van der Waals surface area contributed by atoms with Gasteiger partial charge in [0.15, 0.2) is 0 Å². The van der Waals surface area contributed by atoms with Gasteiger partial charge in [-0.1, -0.05) is 46.0 Å². The molecule has 26 heavy (non-hydrogen) atoms. The first kappa shape index (κ1) is 18.8. The summed E-state index contributed by atoms with van der Waals surface area (Å²) in [5.74, 6) is 5.88. The van der Waals surface area contributed by atoms with Gasteiger partial charge in [-0.2, -0.15) is 0 Å². The second kappa shape index (κ2) is 7.13. The van der Waals surface area contributed by atoms with Gasteiger partial charge >= 0.3 is 5.97 Å². The van der Waals surface area contributed by atoms with Crippen LogP contribution in [-0.4, -0.2) is 11.6 Å². The zero-order valence-corrected chi connectivity index (χ0v) is 17.5. The van der Waals surface area contributed by atoms with Crippen LogP contribution in [0.4, 0.5) is 0 Å². The van der Waals surface area contributed by atoms with Crippen molar-refractivity contribution in [3.05, 3.63) is 0 Å². The molecule has 0 N–H and O–H groups in total. The van der Waals surface area contributed by atoms with Crippen LogP contribution < -0.4 is 0 Å². The van der Waals surface area contributed by atoms with Gasteiger partial charge in [0, 0.05) is 0 Å². The molecule has 7 unspecified atom stereocenters. The highest BCUT2D eigenvalue weighted by atomic mass is 16.6. The largest absolute Gasteiger partial charge is 0.459 e. The highest BCUT2D eigenvalue weighted by Gasteiger charge is 2.61. The molecule has 4 aliphatic rings. The van der Waals surface area contributed by atoms with Gasteiger partial charge in [0.05, 0.1) is 5.92 Å². The molecule has 4 rings (SSSR count). The number of carbonyl (C=O) groups is 1. The quantitative estimate of drug-likeness (QED) is 0.543. The number of rotatable bonds is 5. The summed E-state index contributed by atoms with van der Waals surface area (Å²) >= 11 is 0. The predicted octanol–water partition coefficient (Wildman–Crippen LogP) is 6.23. The van der Waals surface area contributed by atoms with Gasteiger partial charge in [0.1, 0.15) is 5.60 Å². The van der Waals surface area contributed by atoms with E-state index >= 15 is 0 Å². The van der Waals surface area contributed by atoms with E-state index in [0.29, 0.717) is 11.8 Å². The summed E-state index contributed by atoms with van der Waals surface area (Å²) in [6, 6.07) is 0. The monoisotopic (exact) mass is 360 g/mol. The van der Waals surface area contributed by atoms with Gasteiger partial charge in [-0.25, -0.2) is 0 Å². The lowest BCUT2D eigenvalue weighted by Gasteiger charge is -2.39. The molecule has 7 atom stereocenters. The molecule has 0 aromatic carbocycles. The molecule has 2 nitrogen and oxygen atoms in total. The van der Waals surface area contributed by atoms with Gasteiger partial charge in [0.2, 0.25) is 0 Å². The minimum absolute atomic E-state index is 0.154. The third kappa shape index (κ3) is 3.04. The molecule has 0 saturated heterocycles. The fourth-order valence-corrected chi connectivity index (χ4v) is 7.88. The van der Waals surface area contributed by atoms with E-state index in [2.05, 4.69) is 27.7 Å². The molecular formula is C24H40O2. The summed E-state index contributed by atoms with van der Waals surface area (Å²) in [6.07, 6.45) is 12.9. The number of hydrogen-bond acceptors (Lipinski definition) is 2. The fourth-order valence-electron chi connectivity index (χ4n) is 7.88. The molecule has 0 amide bonds. The van der Waals surface area contributed by atoms with E-state index in [1.807, 2.05) is 0 Å². The third-order valence-electron chi connectivity index (χ3n) is 9.13. The van der Waals surface area contributed by atoms with Crippen molar-refractivity contribution in [2.75, 3.05) is 0 Å². The SMILES string of the molecule is CCC1CC(CC)C2C3CC(CC3C(=O)OC(C)(C)C3CCCCC3)C12. The summed E-state index contributed by atoms with van der Waals surface area (Å²) in [5, 5.41) is 0. The smallest absolute Gasteiger partial charge is 0.309 e. The molecule has 0 spiro atoms. The number of hydrogen-bond donors (Lipinski definition) is 0. The van der Waals surface area contributed by atoms with Crippen molar-refractivity contribution in [1.82, 2.24) is 0 Å². The number of ether oxygens (including phenoxy) is 1. The highest BCUT2D eigenvalue weighted by molar-refractivity contribution is 5.74. The summed E-state index contributed by atoms with van der Waals surface area (Å²) in [4.78, 5) is 13.2. The first-order valence-electron chi connectivity index (χ1n) is 11.7. The molecule has 0 aromatic rings.